The molecule has 0 atom stereocenters. The number of carbonyl (C=O) groups excluding carboxylic acids is 1. The number of aryl methyl sites for hydroxylation is 2. The predicted molar refractivity (Wildman–Crippen MR) is 113 cm³/mol. The number of carbonyl (C=O) groups is 1. The third-order valence-corrected chi connectivity index (χ3v) is 5.16. The lowest BCUT2D eigenvalue weighted by molar-refractivity contribution is -0.116. The minimum absolute atomic E-state index is 0.0683. The summed E-state index contributed by atoms with van der Waals surface area (Å²) in [5.74, 6) is 2.69. The lowest BCUT2D eigenvalue weighted by Crippen LogP contribution is -2.15. The number of benzene rings is 2. The first-order chi connectivity index (χ1) is 14.2. The van der Waals surface area contributed by atoms with Gasteiger partial charge in [0.05, 0.1) is 13.0 Å². The van der Waals surface area contributed by atoms with Crippen LogP contribution in [0.2, 0.25) is 0 Å². The Hall–Kier alpha value is -3.15. The van der Waals surface area contributed by atoms with E-state index in [-0.39, 0.29) is 5.91 Å². The van der Waals surface area contributed by atoms with Crippen molar-refractivity contribution in [3.05, 3.63) is 59.9 Å². The van der Waals surface area contributed by atoms with E-state index in [4.69, 9.17) is 4.74 Å². The van der Waals surface area contributed by atoms with E-state index in [1.54, 1.807) is 0 Å². The van der Waals surface area contributed by atoms with Gasteiger partial charge in [-0.05, 0) is 56.2 Å². The molecule has 1 aliphatic heterocycles. The maximum absolute atomic E-state index is 12.2. The molecule has 29 heavy (non-hydrogen) atoms. The van der Waals surface area contributed by atoms with Gasteiger partial charge in [0.25, 0.3) is 0 Å². The molecule has 0 fully saturated rings. The van der Waals surface area contributed by atoms with Crippen molar-refractivity contribution in [3.8, 4) is 17.1 Å². The summed E-state index contributed by atoms with van der Waals surface area (Å²) in [6.45, 7) is 3.34. The number of rotatable bonds is 6. The number of fused-ring (bicyclic) bond motifs is 1. The van der Waals surface area contributed by atoms with Gasteiger partial charge in [0.15, 0.2) is 5.82 Å². The van der Waals surface area contributed by atoms with Gasteiger partial charge in [-0.3, -0.25) is 4.79 Å². The van der Waals surface area contributed by atoms with Crippen LogP contribution in [0.5, 0.6) is 5.75 Å². The summed E-state index contributed by atoms with van der Waals surface area (Å²) in [4.78, 5) is 12.2. The highest BCUT2D eigenvalue weighted by Gasteiger charge is 2.16. The van der Waals surface area contributed by atoms with Crippen molar-refractivity contribution >= 4 is 11.6 Å². The zero-order valence-corrected chi connectivity index (χ0v) is 16.7. The van der Waals surface area contributed by atoms with Crippen molar-refractivity contribution in [1.82, 2.24) is 14.8 Å². The van der Waals surface area contributed by atoms with E-state index >= 15 is 0 Å². The van der Waals surface area contributed by atoms with Crippen molar-refractivity contribution in [2.24, 2.45) is 0 Å². The van der Waals surface area contributed by atoms with E-state index in [0.717, 1.165) is 48.0 Å². The van der Waals surface area contributed by atoms with Crippen LogP contribution in [-0.2, 0) is 17.8 Å². The van der Waals surface area contributed by atoms with Crippen LogP contribution >= 0.6 is 0 Å². The van der Waals surface area contributed by atoms with Crippen molar-refractivity contribution in [3.63, 3.8) is 0 Å². The summed E-state index contributed by atoms with van der Waals surface area (Å²) in [5.41, 5.74) is 2.97. The smallest absolute Gasteiger partial charge is 0.227 e. The molecule has 1 aromatic heterocycles. The number of nitrogens with one attached hydrogen (secondary N) is 1. The number of amides is 1. The second kappa shape index (κ2) is 8.90. The first kappa shape index (κ1) is 19.2. The molecule has 0 unspecified atom stereocenters. The van der Waals surface area contributed by atoms with Crippen LogP contribution < -0.4 is 10.1 Å². The van der Waals surface area contributed by atoms with Gasteiger partial charge in [-0.1, -0.05) is 24.1 Å². The summed E-state index contributed by atoms with van der Waals surface area (Å²) in [6, 6.07) is 15.6. The van der Waals surface area contributed by atoms with Crippen LogP contribution in [0.3, 0.4) is 0 Å². The molecule has 0 saturated carbocycles. The molecule has 0 aliphatic carbocycles. The third kappa shape index (κ3) is 4.83. The molecule has 2 heterocycles. The van der Waals surface area contributed by atoms with E-state index < -0.39 is 0 Å². The van der Waals surface area contributed by atoms with Gasteiger partial charge >= 0.3 is 0 Å². The van der Waals surface area contributed by atoms with Crippen LogP contribution in [0, 0.1) is 6.92 Å². The van der Waals surface area contributed by atoms with Crippen molar-refractivity contribution in [1.29, 1.82) is 0 Å². The van der Waals surface area contributed by atoms with Gasteiger partial charge in [-0.25, -0.2) is 0 Å². The fraction of sp³-hybridized carbons (Fsp3) is 0.348. The van der Waals surface area contributed by atoms with Crippen molar-refractivity contribution in [2.45, 2.75) is 45.6 Å². The molecule has 6 nitrogen and oxygen atoms in total. The fourth-order valence-electron chi connectivity index (χ4n) is 3.52. The second-order valence-electron chi connectivity index (χ2n) is 7.44. The number of hydrogen-bond donors (Lipinski definition) is 1. The van der Waals surface area contributed by atoms with Gasteiger partial charge in [0.1, 0.15) is 11.6 Å². The second-order valence-corrected chi connectivity index (χ2v) is 7.44. The topological polar surface area (TPSA) is 69.0 Å². The van der Waals surface area contributed by atoms with Crippen molar-refractivity contribution < 1.29 is 9.53 Å². The molecule has 0 radical (unpaired) electrons. The number of hydrogen-bond acceptors (Lipinski definition) is 4. The van der Waals surface area contributed by atoms with Crippen LogP contribution in [0.15, 0.2) is 48.5 Å². The highest BCUT2D eigenvalue weighted by atomic mass is 16.5. The molecular weight excluding hydrogens is 364 g/mol. The summed E-state index contributed by atoms with van der Waals surface area (Å²) >= 11 is 0. The van der Waals surface area contributed by atoms with E-state index in [0.29, 0.717) is 13.0 Å². The minimum Gasteiger partial charge on any atom is -0.493 e. The van der Waals surface area contributed by atoms with Crippen LogP contribution in [0.4, 0.5) is 5.69 Å². The molecule has 3 aromatic rings. The summed E-state index contributed by atoms with van der Waals surface area (Å²) < 4.78 is 7.85. The maximum Gasteiger partial charge on any atom is 0.227 e. The molecule has 1 aliphatic rings. The molecular formula is C23H26N4O2. The highest BCUT2D eigenvalue weighted by molar-refractivity contribution is 5.91. The zero-order valence-electron chi connectivity index (χ0n) is 16.7. The minimum atomic E-state index is -0.0683. The van der Waals surface area contributed by atoms with Crippen LogP contribution in [-0.4, -0.2) is 27.3 Å². The molecule has 1 amide bonds. The van der Waals surface area contributed by atoms with Gasteiger partial charge in [-0.15, -0.1) is 10.2 Å². The summed E-state index contributed by atoms with van der Waals surface area (Å²) in [6.07, 6.45) is 4.87. The molecule has 150 valence electrons. The monoisotopic (exact) mass is 390 g/mol. The quantitative estimate of drug-likeness (QED) is 0.678. The maximum atomic E-state index is 12.2. The third-order valence-electron chi connectivity index (χ3n) is 5.16. The Labute approximate surface area is 170 Å². The standard InChI is InChI=1S/C23H26N4O2/c1-17-6-12-20(13-7-17)29-16-14-22(28)24-19-10-8-18(9-11-19)23-26-25-21-5-3-2-4-15-27(21)23/h6-13H,2-5,14-16H2,1H3,(H,24,28). The first-order valence-corrected chi connectivity index (χ1v) is 10.2. The summed E-state index contributed by atoms with van der Waals surface area (Å²) in [5, 5.41) is 11.7. The molecule has 0 bridgehead atoms. The molecule has 0 spiro atoms. The van der Waals surface area contributed by atoms with Gasteiger partial charge in [-0.2, -0.15) is 0 Å². The predicted octanol–water partition coefficient (Wildman–Crippen LogP) is 4.39. The Balaban J connectivity index is 1.32. The highest BCUT2D eigenvalue weighted by Crippen LogP contribution is 2.24. The number of nitrogens with zero attached hydrogens (tertiary/aromatic N) is 3. The van der Waals surface area contributed by atoms with E-state index in [1.165, 1.54) is 18.4 Å². The number of ether oxygens (including phenoxy) is 1. The average Bonchev–Trinajstić information content (AvgIpc) is 2.98. The van der Waals surface area contributed by atoms with Crippen molar-refractivity contribution in [2.75, 3.05) is 11.9 Å². The SMILES string of the molecule is Cc1ccc(OCCC(=O)Nc2ccc(-c3nnc4n3CCCCC4)cc2)cc1. The zero-order chi connectivity index (χ0) is 20.1. The first-order valence-electron chi connectivity index (χ1n) is 10.2. The Kier molecular flexibility index (Phi) is 5.89. The number of aromatic nitrogens is 3. The molecule has 2 aromatic carbocycles. The largest absolute Gasteiger partial charge is 0.493 e. The average molecular weight is 390 g/mol. The fourth-order valence-corrected chi connectivity index (χ4v) is 3.52. The van der Waals surface area contributed by atoms with Crippen LogP contribution in [0.25, 0.3) is 11.4 Å². The van der Waals surface area contributed by atoms with Crippen LogP contribution in [0.1, 0.15) is 37.1 Å². The van der Waals surface area contributed by atoms with E-state index in [2.05, 4.69) is 20.1 Å². The lowest BCUT2D eigenvalue weighted by atomic mass is 10.2. The lowest BCUT2D eigenvalue weighted by Gasteiger charge is -2.09. The number of anilines is 1. The molecule has 1 N–H and O–H groups in total. The Morgan fingerprint density at radius 1 is 1.03 bits per heavy atom. The Morgan fingerprint density at radius 2 is 1.83 bits per heavy atom. The Morgan fingerprint density at radius 3 is 2.62 bits per heavy atom. The molecule has 0 saturated heterocycles. The Bertz CT molecular complexity index is 962. The van der Waals surface area contributed by atoms with Gasteiger partial charge in [0.2, 0.25) is 5.91 Å². The van der Waals surface area contributed by atoms with Gasteiger partial charge in [0, 0.05) is 24.2 Å². The molecule has 4 rings (SSSR count). The summed E-state index contributed by atoms with van der Waals surface area (Å²) in [7, 11) is 0. The van der Waals surface area contributed by atoms with Gasteiger partial charge < -0.3 is 14.6 Å². The van der Waals surface area contributed by atoms with E-state index in [9.17, 15) is 4.79 Å². The normalized spacial score (nSPS) is 13.4. The molecule has 6 heteroatoms. The van der Waals surface area contributed by atoms with E-state index in [1.807, 2.05) is 55.5 Å².